The number of hydrogen-bond acceptors (Lipinski definition) is 4. The van der Waals surface area contributed by atoms with Gasteiger partial charge in [0.25, 0.3) is 0 Å². The van der Waals surface area contributed by atoms with Gasteiger partial charge in [-0.15, -0.1) is 0 Å². The minimum absolute atomic E-state index is 0.0378. The van der Waals surface area contributed by atoms with Crippen molar-refractivity contribution in [3.05, 3.63) is 29.8 Å². The van der Waals surface area contributed by atoms with Gasteiger partial charge in [-0.25, -0.2) is 0 Å². The van der Waals surface area contributed by atoms with Crippen molar-refractivity contribution < 1.29 is 9.90 Å². The predicted octanol–water partition coefficient (Wildman–Crippen LogP) is 0.634. The first-order chi connectivity index (χ1) is 9.17. The van der Waals surface area contributed by atoms with Gasteiger partial charge in [0, 0.05) is 19.2 Å². The van der Waals surface area contributed by atoms with Gasteiger partial charge in [0.1, 0.15) is 6.07 Å². The third kappa shape index (κ3) is 2.75. The van der Waals surface area contributed by atoms with E-state index in [-0.39, 0.29) is 24.6 Å². The van der Waals surface area contributed by atoms with Crippen LogP contribution in [0.15, 0.2) is 24.3 Å². The number of carbonyl (C=O) groups excluding carboxylic acids is 1. The Labute approximate surface area is 112 Å². The third-order valence-corrected chi connectivity index (χ3v) is 3.24. The zero-order valence-corrected chi connectivity index (χ0v) is 10.8. The Balaban J connectivity index is 2.32. The fraction of sp³-hybridized carbons (Fsp3) is 0.429. The molecule has 0 aliphatic carbocycles. The number of rotatable bonds is 3. The number of carbonyl (C=O) groups is 1. The number of piperazine rings is 1. The van der Waals surface area contributed by atoms with Gasteiger partial charge in [-0.2, -0.15) is 5.26 Å². The molecule has 5 heteroatoms. The Morgan fingerprint density at radius 1 is 1.53 bits per heavy atom. The number of para-hydroxylation sites is 1. The Bertz CT molecular complexity index is 510. The molecule has 2 rings (SSSR count). The van der Waals surface area contributed by atoms with Crippen LogP contribution in [-0.2, 0) is 4.79 Å². The van der Waals surface area contributed by atoms with E-state index < -0.39 is 0 Å². The lowest BCUT2D eigenvalue weighted by Gasteiger charge is -2.37. The summed E-state index contributed by atoms with van der Waals surface area (Å²) in [5.41, 5.74) is 1.14. The number of amides is 1. The lowest BCUT2D eigenvalue weighted by Crippen LogP contribution is -2.59. The van der Waals surface area contributed by atoms with Crippen LogP contribution in [0.3, 0.4) is 0 Å². The molecule has 5 nitrogen and oxygen atoms in total. The zero-order chi connectivity index (χ0) is 13.8. The Morgan fingerprint density at radius 3 is 2.95 bits per heavy atom. The minimum atomic E-state index is -0.388. The van der Waals surface area contributed by atoms with E-state index in [1.165, 1.54) is 0 Å². The fourth-order valence-electron chi connectivity index (χ4n) is 2.38. The van der Waals surface area contributed by atoms with Crippen LogP contribution in [0.1, 0.15) is 18.9 Å². The number of nitrogens with zero attached hydrogens (tertiary/aromatic N) is 2. The zero-order valence-electron chi connectivity index (χ0n) is 10.8. The highest BCUT2D eigenvalue weighted by atomic mass is 16.3. The highest BCUT2D eigenvalue weighted by molar-refractivity contribution is 5.99. The molecular formula is C14H17N3O2. The summed E-state index contributed by atoms with van der Waals surface area (Å²) in [6.45, 7) is 2.47. The van der Waals surface area contributed by atoms with Crippen LogP contribution in [0.4, 0.5) is 5.69 Å². The SMILES string of the molecule is CC1CN(c2ccccc2C#N)C(=O)C(CCO)N1. The van der Waals surface area contributed by atoms with Crippen LogP contribution in [0.25, 0.3) is 0 Å². The average molecular weight is 259 g/mol. The first-order valence-corrected chi connectivity index (χ1v) is 6.34. The van der Waals surface area contributed by atoms with Gasteiger partial charge in [-0.1, -0.05) is 12.1 Å². The molecule has 1 aliphatic heterocycles. The molecule has 0 saturated carbocycles. The molecule has 100 valence electrons. The van der Waals surface area contributed by atoms with Gasteiger partial charge < -0.3 is 15.3 Å². The minimum Gasteiger partial charge on any atom is -0.396 e. The van der Waals surface area contributed by atoms with E-state index in [1.807, 2.05) is 13.0 Å². The van der Waals surface area contributed by atoms with E-state index in [1.54, 1.807) is 23.1 Å². The molecule has 1 amide bonds. The van der Waals surface area contributed by atoms with Crippen molar-refractivity contribution in [1.82, 2.24) is 5.32 Å². The second-order valence-corrected chi connectivity index (χ2v) is 4.71. The van der Waals surface area contributed by atoms with Gasteiger partial charge in [-0.05, 0) is 25.5 Å². The van der Waals surface area contributed by atoms with Crippen molar-refractivity contribution in [1.29, 1.82) is 5.26 Å². The van der Waals surface area contributed by atoms with Crippen LogP contribution in [0, 0.1) is 11.3 Å². The Kier molecular flexibility index (Phi) is 4.15. The number of benzene rings is 1. The van der Waals surface area contributed by atoms with E-state index >= 15 is 0 Å². The maximum atomic E-state index is 12.4. The molecule has 19 heavy (non-hydrogen) atoms. The Morgan fingerprint density at radius 2 is 2.26 bits per heavy atom. The summed E-state index contributed by atoms with van der Waals surface area (Å²) in [7, 11) is 0. The molecule has 1 heterocycles. The van der Waals surface area contributed by atoms with E-state index in [0.29, 0.717) is 24.2 Å². The van der Waals surface area contributed by atoms with Crippen molar-refractivity contribution in [3.63, 3.8) is 0 Å². The summed E-state index contributed by atoms with van der Waals surface area (Å²) < 4.78 is 0. The third-order valence-electron chi connectivity index (χ3n) is 3.24. The second kappa shape index (κ2) is 5.83. The maximum absolute atomic E-state index is 12.4. The predicted molar refractivity (Wildman–Crippen MR) is 71.6 cm³/mol. The van der Waals surface area contributed by atoms with Crippen molar-refractivity contribution in [2.24, 2.45) is 0 Å². The topological polar surface area (TPSA) is 76.4 Å². The van der Waals surface area contributed by atoms with Crippen molar-refractivity contribution in [2.75, 3.05) is 18.1 Å². The molecule has 2 unspecified atom stereocenters. The summed E-state index contributed by atoms with van der Waals surface area (Å²) >= 11 is 0. The first-order valence-electron chi connectivity index (χ1n) is 6.34. The van der Waals surface area contributed by atoms with Gasteiger partial charge in [-0.3, -0.25) is 4.79 Å². The quantitative estimate of drug-likeness (QED) is 0.835. The van der Waals surface area contributed by atoms with E-state index in [0.717, 1.165) is 0 Å². The molecule has 2 N–H and O–H groups in total. The lowest BCUT2D eigenvalue weighted by atomic mass is 10.0. The molecule has 0 radical (unpaired) electrons. The van der Waals surface area contributed by atoms with Crippen LogP contribution >= 0.6 is 0 Å². The average Bonchev–Trinajstić information content (AvgIpc) is 2.42. The van der Waals surface area contributed by atoms with E-state index in [4.69, 9.17) is 10.4 Å². The van der Waals surface area contributed by atoms with Gasteiger partial charge in [0.05, 0.1) is 17.3 Å². The number of nitrogens with one attached hydrogen (secondary N) is 1. The maximum Gasteiger partial charge on any atom is 0.244 e. The van der Waals surface area contributed by atoms with Crippen molar-refractivity contribution in [2.45, 2.75) is 25.4 Å². The van der Waals surface area contributed by atoms with E-state index in [9.17, 15) is 4.79 Å². The van der Waals surface area contributed by atoms with Gasteiger partial charge in [0.2, 0.25) is 5.91 Å². The first kappa shape index (κ1) is 13.5. The van der Waals surface area contributed by atoms with Gasteiger partial charge in [0.15, 0.2) is 0 Å². The van der Waals surface area contributed by atoms with E-state index in [2.05, 4.69) is 11.4 Å². The van der Waals surface area contributed by atoms with Crippen molar-refractivity contribution >= 4 is 11.6 Å². The smallest absolute Gasteiger partial charge is 0.244 e. The number of hydrogen-bond donors (Lipinski definition) is 2. The van der Waals surface area contributed by atoms with Crippen molar-refractivity contribution in [3.8, 4) is 6.07 Å². The normalized spacial score (nSPS) is 23.2. The summed E-state index contributed by atoms with van der Waals surface area (Å²) in [5.74, 6) is -0.0881. The molecule has 0 spiro atoms. The molecule has 1 aliphatic rings. The van der Waals surface area contributed by atoms with Gasteiger partial charge >= 0.3 is 0 Å². The number of nitriles is 1. The highest BCUT2D eigenvalue weighted by Gasteiger charge is 2.33. The number of aliphatic hydroxyl groups excluding tert-OH is 1. The summed E-state index contributed by atoms with van der Waals surface area (Å²) in [6.07, 6.45) is 0.383. The second-order valence-electron chi connectivity index (χ2n) is 4.71. The number of aliphatic hydroxyl groups is 1. The largest absolute Gasteiger partial charge is 0.396 e. The van der Waals surface area contributed by atoms with Crippen LogP contribution in [0.5, 0.6) is 0 Å². The molecule has 0 aromatic heterocycles. The molecule has 0 bridgehead atoms. The summed E-state index contributed by atoms with van der Waals surface area (Å²) in [5, 5.41) is 21.3. The molecule has 1 aromatic carbocycles. The number of anilines is 1. The van der Waals surface area contributed by atoms with Crippen LogP contribution < -0.4 is 10.2 Å². The monoisotopic (exact) mass is 259 g/mol. The standard InChI is InChI=1S/C14H17N3O2/c1-10-9-17(14(19)12(16-10)6-7-18)13-5-3-2-4-11(13)8-15/h2-5,10,12,16,18H,6-7,9H2,1H3. The molecular weight excluding hydrogens is 242 g/mol. The highest BCUT2D eigenvalue weighted by Crippen LogP contribution is 2.23. The molecule has 1 fully saturated rings. The summed E-state index contributed by atoms with van der Waals surface area (Å²) in [4.78, 5) is 14.0. The lowest BCUT2D eigenvalue weighted by molar-refractivity contribution is -0.122. The summed E-state index contributed by atoms with van der Waals surface area (Å²) in [6, 6.07) is 8.93. The molecule has 1 saturated heterocycles. The van der Waals surface area contributed by atoms with Crippen LogP contribution in [-0.4, -0.2) is 36.2 Å². The molecule has 1 aromatic rings. The fourth-order valence-corrected chi connectivity index (χ4v) is 2.38. The van der Waals surface area contributed by atoms with Crippen LogP contribution in [0.2, 0.25) is 0 Å². The Hall–Kier alpha value is -1.90. The molecule has 2 atom stereocenters.